The fourth-order valence-electron chi connectivity index (χ4n) is 1.62. The third-order valence-electron chi connectivity index (χ3n) is 2.47. The Labute approximate surface area is 93.3 Å². The number of halogens is 1. The standard InChI is InChI=1S/C13H12FNO/c1-10(16)12-7-8-15(13(12)14)9-11-5-3-2-4-6-11/h2-8H,9H2,1H3. The molecule has 0 fully saturated rings. The number of Topliss-reactive ketones (excluding diaryl/α,β-unsaturated/α-hetero) is 1. The highest BCUT2D eigenvalue weighted by molar-refractivity contribution is 5.94. The van der Waals surface area contributed by atoms with Crippen molar-refractivity contribution >= 4 is 5.78 Å². The summed E-state index contributed by atoms with van der Waals surface area (Å²) in [5.74, 6) is -0.708. The number of hydrogen-bond acceptors (Lipinski definition) is 1. The number of carbonyl (C=O) groups excluding carboxylic acids is 1. The van der Waals surface area contributed by atoms with Gasteiger partial charge in [0.15, 0.2) is 5.78 Å². The molecule has 2 aromatic rings. The van der Waals surface area contributed by atoms with Gasteiger partial charge in [-0.25, -0.2) is 0 Å². The van der Waals surface area contributed by atoms with Crippen molar-refractivity contribution in [1.82, 2.24) is 4.57 Å². The fourth-order valence-corrected chi connectivity index (χ4v) is 1.62. The summed E-state index contributed by atoms with van der Waals surface area (Å²) in [6, 6.07) is 11.1. The molecule has 1 aromatic heterocycles. The first-order valence-corrected chi connectivity index (χ1v) is 5.08. The smallest absolute Gasteiger partial charge is 0.204 e. The van der Waals surface area contributed by atoms with E-state index in [9.17, 15) is 9.18 Å². The minimum Gasteiger partial charge on any atom is -0.320 e. The second-order valence-electron chi connectivity index (χ2n) is 3.69. The molecule has 0 aliphatic rings. The van der Waals surface area contributed by atoms with Crippen LogP contribution in [-0.4, -0.2) is 10.4 Å². The monoisotopic (exact) mass is 217 g/mol. The van der Waals surface area contributed by atoms with Gasteiger partial charge in [0.2, 0.25) is 5.95 Å². The Hall–Kier alpha value is -1.90. The zero-order valence-electron chi connectivity index (χ0n) is 8.98. The highest BCUT2D eigenvalue weighted by Gasteiger charge is 2.12. The average molecular weight is 217 g/mol. The summed E-state index contributed by atoms with van der Waals surface area (Å²) in [6.07, 6.45) is 1.60. The molecule has 0 atom stereocenters. The van der Waals surface area contributed by atoms with Gasteiger partial charge in [-0.15, -0.1) is 0 Å². The molecule has 0 amide bonds. The normalized spacial score (nSPS) is 10.4. The van der Waals surface area contributed by atoms with Crippen LogP contribution in [0.2, 0.25) is 0 Å². The molecular weight excluding hydrogens is 205 g/mol. The van der Waals surface area contributed by atoms with Gasteiger partial charge in [-0.3, -0.25) is 4.79 Å². The lowest BCUT2D eigenvalue weighted by Gasteiger charge is -2.04. The van der Waals surface area contributed by atoms with E-state index in [0.29, 0.717) is 6.54 Å². The number of nitrogens with zero attached hydrogens (tertiary/aromatic N) is 1. The third-order valence-corrected chi connectivity index (χ3v) is 2.47. The summed E-state index contributed by atoms with van der Waals surface area (Å²) in [7, 11) is 0. The Kier molecular flexibility index (Phi) is 2.86. The fraction of sp³-hybridized carbons (Fsp3) is 0.154. The summed E-state index contributed by atoms with van der Waals surface area (Å²) >= 11 is 0. The van der Waals surface area contributed by atoms with Crippen molar-refractivity contribution in [2.24, 2.45) is 0 Å². The van der Waals surface area contributed by atoms with E-state index >= 15 is 0 Å². The molecule has 2 nitrogen and oxygen atoms in total. The molecule has 0 saturated heterocycles. The maximum Gasteiger partial charge on any atom is 0.204 e. The van der Waals surface area contributed by atoms with E-state index < -0.39 is 5.95 Å². The van der Waals surface area contributed by atoms with Crippen LogP contribution in [0.1, 0.15) is 22.8 Å². The number of hydrogen-bond donors (Lipinski definition) is 0. The quantitative estimate of drug-likeness (QED) is 0.724. The van der Waals surface area contributed by atoms with E-state index in [1.54, 1.807) is 6.20 Å². The molecule has 0 spiro atoms. The van der Waals surface area contributed by atoms with Crippen molar-refractivity contribution < 1.29 is 9.18 Å². The first-order valence-electron chi connectivity index (χ1n) is 5.08. The van der Waals surface area contributed by atoms with Crippen LogP contribution in [0.4, 0.5) is 4.39 Å². The Bertz CT molecular complexity index is 502. The molecule has 16 heavy (non-hydrogen) atoms. The first kappa shape index (κ1) is 10.6. The van der Waals surface area contributed by atoms with Gasteiger partial charge >= 0.3 is 0 Å². The Morgan fingerprint density at radius 2 is 1.94 bits per heavy atom. The van der Waals surface area contributed by atoms with E-state index in [4.69, 9.17) is 0 Å². The number of ketones is 1. The van der Waals surface area contributed by atoms with Gasteiger partial charge in [0.1, 0.15) is 0 Å². The highest BCUT2D eigenvalue weighted by Crippen LogP contribution is 2.12. The van der Waals surface area contributed by atoms with Crippen LogP contribution in [-0.2, 0) is 6.54 Å². The molecule has 0 saturated carbocycles. The van der Waals surface area contributed by atoms with Gasteiger partial charge < -0.3 is 4.57 Å². The zero-order valence-corrected chi connectivity index (χ0v) is 8.98. The van der Waals surface area contributed by atoms with E-state index in [2.05, 4.69) is 0 Å². The topological polar surface area (TPSA) is 22.0 Å². The van der Waals surface area contributed by atoms with E-state index in [1.165, 1.54) is 17.6 Å². The van der Waals surface area contributed by atoms with E-state index in [0.717, 1.165) is 5.56 Å². The molecule has 1 heterocycles. The van der Waals surface area contributed by atoms with Crippen molar-refractivity contribution in [1.29, 1.82) is 0 Å². The SMILES string of the molecule is CC(=O)c1ccn(Cc2ccccc2)c1F. The van der Waals surface area contributed by atoms with Crippen LogP contribution < -0.4 is 0 Å². The lowest BCUT2D eigenvalue weighted by Crippen LogP contribution is -2.03. The second-order valence-corrected chi connectivity index (χ2v) is 3.69. The average Bonchev–Trinajstić information content (AvgIpc) is 2.62. The summed E-state index contributed by atoms with van der Waals surface area (Å²) in [5, 5.41) is 0. The van der Waals surface area contributed by atoms with Crippen LogP contribution in [0.3, 0.4) is 0 Å². The molecule has 82 valence electrons. The van der Waals surface area contributed by atoms with Gasteiger partial charge in [-0.05, 0) is 18.6 Å². The van der Waals surface area contributed by atoms with Crippen LogP contribution >= 0.6 is 0 Å². The molecule has 3 heteroatoms. The summed E-state index contributed by atoms with van der Waals surface area (Å²) < 4.78 is 15.1. The van der Waals surface area contributed by atoms with Crippen molar-refractivity contribution in [2.45, 2.75) is 13.5 Å². The minimum absolute atomic E-state index is 0.149. The minimum atomic E-state index is -0.462. The summed E-state index contributed by atoms with van der Waals surface area (Å²) in [6.45, 7) is 1.81. The molecule has 0 aliphatic heterocycles. The molecule has 0 N–H and O–H groups in total. The van der Waals surface area contributed by atoms with Gasteiger partial charge in [0, 0.05) is 12.7 Å². The third kappa shape index (κ3) is 2.03. The first-order chi connectivity index (χ1) is 7.68. The Balaban J connectivity index is 2.26. The molecule has 1 aromatic carbocycles. The van der Waals surface area contributed by atoms with Gasteiger partial charge in [-0.2, -0.15) is 4.39 Å². The lowest BCUT2D eigenvalue weighted by molar-refractivity contribution is 0.101. The molecule has 0 aliphatic carbocycles. The van der Waals surface area contributed by atoms with Crippen molar-refractivity contribution in [3.8, 4) is 0 Å². The number of carbonyl (C=O) groups is 1. The lowest BCUT2D eigenvalue weighted by atomic mass is 10.2. The zero-order chi connectivity index (χ0) is 11.5. The molecule has 2 rings (SSSR count). The number of benzene rings is 1. The number of aromatic nitrogens is 1. The highest BCUT2D eigenvalue weighted by atomic mass is 19.1. The number of rotatable bonds is 3. The van der Waals surface area contributed by atoms with Crippen molar-refractivity contribution in [2.75, 3.05) is 0 Å². The van der Waals surface area contributed by atoms with Crippen molar-refractivity contribution in [3.63, 3.8) is 0 Å². The maximum atomic E-state index is 13.7. The largest absolute Gasteiger partial charge is 0.320 e. The van der Waals surface area contributed by atoms with Crippen LogP contribution in [0, 0.1) is 5.95 Å². The Morgan fingerprint density at radius 1 is 1.25 bits per heavy atom. The predicted octanol–water partition coefficient (Wildman–Crippen LogP) is 2.88. The van der Waals surface area contributed by atoms with E-state index in [1.807, 2.05) is 30.3 Å². The summed E-state index contributed by atoms with van der Waals surface area (Å²) in [4.78, 5) is 11.1. The molecular formula is C13H12FNO. The van der Waals surface area contributed by atoms with Crippen molar-refractivity contribution in [3.05, 3.63) is 59.7 Å². The van der Waals surface area contributed by atoms with E-state index in [-0.39, 0.29) is 11.3 Å². The summed E-state index contributed by atoms with van der Waals surface area (Å²) in [5.41, 5.74) is 1.16. The van der Waals surface area contributed by atoms with Crippen LogP contribution in [0.25, 0.3) is 0 Å². The van der Waals surface area contributed by atoms with Crippen LogP contribution in [0.5, 0.6) is 0 Å². The predicted molar refractivity (Wildman–Crippen MR) is 59.9 cm³/mol. The maximum absolute atomic E-state index is 13.7. The second kappa shape index (κ2) is 4.31. The Morgan fingerprint density at radius 3 is 2.50 bits per heavy atom. The van der Waals surface area contributed by atoms with Gasteiger partial charge in [0.05, 0.1) is 5.56 Å². The van der Waals surface area contributed by atoms with Crippen LogP contribution in [0.15, 0.2) is 42.6 Å². The van der Waals surface area contributed by atoms with Gasteiger partial charge in [-0.1, -0.05) is 30.3 Å². The molecule has 0 radical (unpaired) electrons. The molecule has 0 unspecified atom stereocenters. The van der Waals surface area contributed by atoms with Gasteiger partial charge in [0.25, 0.3) is 0 Å². The molecule has 0 bridgehead atoms.